The van der Waals surface area contributed by atoms with Gasteiger partial charge in [-0.15, -0.1) is 11.8 Å². The van der Waals surface area contributed by atoms with Gasteiger partial charge in [0.05, 0.1) is 13.2 Å². The average molecular weight is 419 g/mol. The largest absolute Gasteiger partial charge is 0.494 e. The van der Waals surface area contributed by atoms with Crippen LogP contribution in [0.2, 0.25) is 0 Å². The predicted molar refractivity (Wildman–Crippen MR) is 115 cm³/mol. The Morgan fingerprint density at radius 2 is 2.24 bits per heavy atom. The molecule has 0 saturated carbocycles. The SMILES string of the molecule is C=C/C=C/CC(=O)N1CC[C@@H](c2ccc(OC)c(F)c2)[C@@H](NC(=O)/C=C/SC)C1. The maximum atomic E-state index is 14.2. The first-order chi connectivity index (χ1) is 14.0. The molecule has 0 aromatic heterocycles. The zero-order valence-electron chi connectivity index (χ0n) is 16.8. The zero-order valence-corrected chi connectivity index (χ0v) is 17.6. The maximum absolute atomic E-state index is 14.2. The number of thioether (sulfide) groups is 1. The summed E-state index contributed by atoms with van der Waals surface area (Å²) < 4.78 is 19.2. The summed E-state index contributed by atoms with van der Waals surface area (Å²) in [7, 11) is 1.42. The standard InChI is InChI=1S/C22H27FN2O3S/c1-4-5-6-7-22(27)25-12-10-17(16-8-9-20(28-2)18(23)14-16)19(15-25)24-21(26)11-13-29-3/h4-6,8-9,11,13-14,17,19H,1,7,10,12,15H2,2-3H3,(H,24,26)/b6-5+,13-11+/t17-,19-/m0/s1. The molecule has 2 amide bonds. The van der Waals surface area contributed by atoms with Gasteiger partial charge in [-0.25, -0.2) is 4.39 Å². The topological polar surface area (TPSA) is 58.6 Å². The van der Waals surface area contributed by atoms with E-state index in [9.17, 15) is 14.0 Å². The maximum Gasteiger partial charge on any atom is 0.244 e. The molecule has 156 valence electrons. The van der Waals surface area contributed by atoms with Crippen LogP contribution in [0.25, 0.3) is 0 Å². The third kappa shape index (κ3) is 6.49. The molecule has 7 heteroatoms. The lowest BCUT2D eigenvalue weighted by molar-refractivity contribution is -0.132. The highest BCUT2D eigenvalue weighted by molar-refractivity contribution is 8.01. The molecule has 1 aliphatic heterocycles. The normalized spacial score (nSPS) is 19.5. The Balaban J connectivity index is 2.20. The van der Waals surface area contributed by atoms with Crippen molar-refractivity contribution in [2.45, 2.75) is 24.8 Å². The van der Waals surface area contributed by atoms with Crippen molar-refractivity contribution >= 4 is 23.6 Å². The summed E-state index contributed by atoms with van der Waals surface area (Å²) in [5.74, 6) is -0.607. The highest BCUT2D eigenvalue weighted by Crippen LogP contribution is 2.31. The number of hydrogen-bond acceptors (Lipinski definition) is 4. The van der Waals surface area contributed by atoms with E-state index in [0.29, 0.717) is 19.5 Å². The summed E-state index contributed by atoms with van der Waals surface area (Å²) in [5.41, 5.74) is 0.779. The molecule has 0 radical (unpaired) electrons. The third-order valence-electron chi connectivity index (χ3n) is 4.82. The number of allylic oxidation sites excluding steroid dienone is 2. The monoisotopic (exact) mass is 418 g/mol. The molecule has 1 aliphatic rings. The number of carbonyl (C=O) groups is 2. The number of piperidine rings is 1. The number of halogens is 1. The van der Waals surface area contributed by atoms with Crippen molar-refractivity contribution < 1.29 is 18.7 Å². The van der Waals surface area contributed by atoms with Gasteiger partial charge < -0.3 is 15.0 Å². The second kappa shape index (κ2) is 11.5. The van der Waals surface area contributed by atoms with E-state index < -0.39 is 5.82 Å². The number of rotatable bonds is 8. The van der Waals surface area contributed by atoms with Crippen LogP contribution >= 0.6 is 11.8 Å². The third-order valence-corrected chi connectivity index (χ3v) is 5.23. The van der Waals surface area contributed by atoms with Crippen LogP contribution in [0.1, 0.15) is 24.3 Å². The van der Waals surface area contributed by atoms with E-state index in [4.69, 9.17) is 4.74 Å². The Morgan fingerprint density at radius 3 is 2.90 bits per heavy atom. The van der Waals surface area contributed by atoms with Crippen molar-refractivity contribution in [1.82, 2.24) is 10.2 Å². The van der Waals surface area contributed by atoms with Crippen LogP contribution in [0.15, 0.2) is 54.5 Å². The van der Waals surface area contributed by atoms with Gasteiger partial charge in [0.2, 0.25) is 11.8 Å². The Bertz CT molecular complexity index is 794. The molecule has 1 aromatic rings. The first kappa shape index (κ1) is 22.7. The van der Waals surface area contributed by atoms with E-state index in [2.05, 4.69) is 11.9 Å². The number of ether oxygens (including phenoxy) is 1. The Hall–Kier alpha value is -2.54. The van der Waals surface area contributed by atoms with Crippen LogP contribution in [0.3, 0.4) is 0 Å². The molecule has 1 aromatic carbocycles. The molecular weight excluding hydrogens is 391 g/mol. The molecule has 1 heterocycles. The molecule has 0 unspecified atom stereocenters. The fourth-order valence-corrected chi connectivity index (χ4v) is 3.65. The number of amides is 2. The fraction of sp³-hybridized carbons (Fsp3) is 0.364. The molecule has 5 nitrogen and oxygen atoms in total. The van der Waals surface area contributed by atoms with Crippen molar-refractivity contribution in [1.29, 1.82) is 0 Å². The van der Waals surface area contributed by atoms with Gasteiger partial charge in [-0.05, 0) is 35.8 Å². The second-order valence-electron chi connectivity index (χ2n) is 6.65. The summed E-state index contributed by atoms with van der Waals surface area (Å²) in [5, 5.41) is 4.68. The quantitative estimate of drug-likeness (QED) is 0.517. The lowest BCUT2D eigenvalue weighted by atomic mass is 9.85. The first-order valence-corrected chi connectivity index (χ1v) is 10.7. The Kier molecular flexibility index (Phi) is 8.99. The summed E-state index contributed by atoms with van der Waals surface area (Å²) in [6.07, 6.45) is 9.35. The predicted octanol–water partition coefficient (Wildman–Crippen LogP) is 3.64. The smallest absolute Gasteiger partial charge is 0.244 e. The van der Waals surface area contributed by atoms with E-state index in [1.54, 1.807) is 34.6 Å². The molecule has 1 fully saturated rings. The van der Waals surface area contributed by atoms with Crippen molar-refractivity contribution in [3.8, 4) is 5.75 Å². The van der Waals surface area contributed by atoms with Gasteiger partial charge in [-0.2, -0.15) is 0 Å². The lowest BCUT2D eigenvalue weighted by Gasteiger charge is -2.39. The number of nitrogens with one attached hydrogen (secondary N) is 1. The Labute approximate surface area is 175 Å². The molecule has 2 atom stereocenters. The van der Waals surface area contributed by atoms with Gasteiger partial charge in [-0.1, -0.05) is 30.9 Å². The minimum Gasteiger partial charge on any atom is -0.494 e. The molecule has 0 spiro atoms. The van der Waals surface area contributed by atoms with Crippen molar-refractivity contribution in [2.24, 2.45) is 0 Å². The molecule has 0 bridgehead atoms. The second-order valence-corrected chi connectivity index (χ2v) is 7.39. The number of methoxy groups -OCH3 is 1. The van der Waals surface area contributed by atoms with Crippen LogP contribution in [0, 0.1) is 5.82 Å². The van der Waals surface area contributed by atoms with Gasteiger partial charge in [0, 0.05) is 31.5 Å². The van der Waals surface area contributed by atoms with Crippen LogP contribution in [0.5, 0.6) is 5.75 Å². The first-order valence-electron chi connectivity index (χ1n) is 9.38. The number of carbonyl (C=O) groups excluding carboxylic acids is 2. The number of nitrogens with zero attached hydrogens (tertiary/aromatic N) is 1. The van der Waals surface area contributed by atoms with E-state index in [-0.39, 0.29) is 35.9 Å². The zero-order chi connectivity index (χ0) is 21.2. The molecule has 1 saturated heterocycles. The molecule has 1 N–H and O–H groups in total. The van der Waals surface area contributed by atoms with Crippen LogP contribution in [-0.2, 0) is 9.59 Å². The summed E-state index contributed by atoms with van der Waals surface area (Å²) in [4.78, 5) is 26.5. The summed E-state index contributed by atoms with van der Waals surface area (Å²) >= 11 is 1.43. The number of likely N-dealkylation sites (tertiary alicyclic amines) is 1. The van der Waals surface area contributed by atoms with E-state index in [0.717, 1.165) is 5.56 Å². The summed E-state index contributed by atoms with van der Waals surface area (Å²) in [6, 6.07) is 4.54. The molecule has 0 aliphatic carbocycles. The summed E-state index contributed by atoms with van der Waals surface area (Å²) in [6.45, 7) is 4.52. The Morgan fingerprint density at radius 1 is 1.45 bits per heavy atom. The lowest BCUT2D eigenvalue weighted by Crippen LogP contribution is -2.52. The van der Waals surface area contributed by atoms with Crippen molar-refractivity contribution in [3.05, 3.63) is 65.9 Å². The fourth-order valence-electron chi connectivity index (χ4n) is 3.39. The highest BCUT2D eigenvalue weighted by Gasteiger charge is 2.33. The molecule has 29 heavy (non-hydrogen) atoms. The van der Waals surface area contributed by atoms with Gasteiger partial charge in [0.15, 0.2) is 11.6 Å². The molecule has 2 rings (SSSR count). The van der Waals surface area contributed by atoms with Gasteiger partial charge >= 0.3 is 0 Å². The van der Waals surface area contributed by atoms with Crippen LogP contribution in [-0.4, -0.2) is 49.2 Å². The van der Waals surface area contributed by atoms with Crippen LogP contribution < -0.4 is 10.1 Å². The van der Waals surface area contributed by atoms with Crippen molar-refractivity contribution in [2.75, 3.05) is 26.5 Å². The molecular formula is C22H27FN2O3S. The number of benzene rings is 1. The highest BCUT2D eigenvalue weighted by atomic mass is 32.2. The van der Waals surface area contributed by atoms with Gasteiger partial charge in [0.1, 0.15) is 0 Å². The average Bonchev–Trinajstić information content (AvgIpc) is 2.72. The minimum absolute atomic E-state index is 0.0126. The van der Waals surface area contributed by atoms with Gasteiger partial charge in [0.25, 0.3) is 0 Å². The van der Waals surface area contributed by atoms with E-state index in [1.165, 1.54) is 31.0 Å². The minimum atomic E-state index is -0.439. The van der Waals surface area contributed by atoms with Crippen LogP contribution in [0.4, 0.5) is 4.39 Å². The number of hydrogen-bond donors (Lipinski definition) is 1. The van der Waals surface area contributed by atoms with E-state index in [1.807, 2.05) is 12.3 Å². The van der Waals surface area contributed by atoms with E-state index >= 15 is 0 Å². The van der Waals surface area contributed by atoms with Crippen molar-refractivity contribution in [3.63, 3.8) is 0 Å². The van der Waals surface area contributed by atoms with Gasteiger partial charge in [-0.3, -0.25) is 9.59 Å².